The van der Waals surface area contributed by atoms with E-state index in [-0.39, 0.29) is 17.9 Å². The quantitative estimate of drug-likeness (QED) is 0.944. The summed E-state index contributed by atoms with van der Waals surface area (Å²) in [6.07, 6.45) is 1.86. The minimum absolute atomic E-state index is 0.102. The molecule has 1 aromatic carbocycles. The van der Waals surface area contributed by atoms with Gasteiger partial charge in [-0.15, -0.1) is 0 Å². The second-order valence-electron chi connectivity index (χ2n) is 4.67. The van der Waals surface area contributed by atoms with Crippen LogP contribution in [0.1, 0.15) is 11.1 Å². The monoisotopic (exact) mass is 290 g/mol. The van der Waals surface area contributed by atoms with Crippen LogP contribution in [0.4, 0.5) is 5.69 Å². The maximum atomic E-state index is 12.0. The molecular weight excluding hydrogens is 276 g/mol. The van der Waals surface area contributed by atoms with Crippen LogP contribution in [0, 0.1) is 6.92 Å². The molecule has 0 aliphatic rings. The van der Waals surface area contributed by atoms with Crippen LogP contribution in [-0.2, 0) is 18.3 Å². The highest BCUT2D eigenvalue weighted by Crippen LogP contribution is 2.14. The van der Waals surface area contributed by atoms with E-state index in [0.717, 1.165) is 11.1 Å². The minimum Gasteiger partial charge on any atom is -0.324 e. The number of benzene rings is 1. The predicted molar refractivity (Wildman–Crippen MR) is 80.2 cm³/mol. The van der Waals surface area contributed by atoms with Gasteiger partial charge in [0.25, 0.3) is 5.56 Å². The number of halogens is 1. The fourth-order valence-electron chi connectivity index (χ4n) is 1.88. The SMILES string of the molecule is Cc1cc(=O)n(C)cc1NC(=O)Cc1cccc(Cl)c1. The van der Waals surface area contributed by atoms with Gasteiger partial charge in [-0.05, 0) is 30.2 Å². The third kappa shape index (κ3) is 3.48. The minimum atomic E-state index is -0.144. The lowest BCUT2D eigenvalue weighted by molar-refractivity contribution is -0.115. The number of aryl methyl sites for hydroxylation is 2. The molecule has 1 aromatic heterocycles. The Morgan fingerprint density at radius 1 is 1.35 bits per heavy atom. The second-order valence-corrected chi connectivity index (χ2v) is 5.11. The molecule has 4 nitrogen and oxygen atoms in total. The Morgan fingerprint density at radius 2 is 2.10 bits per heavy atom. The summed E-state index contributed by atoms with van der Waals surface area (Å²) < 4.78 is 1.43. The Kier molecular flexibility index (Phi) is 4.25. The molecule has 5 heteroatoms. The standard InChI is InChI=1S/C15H15ClN2O2/c1-10-6-15(20)18(2)9-13(10)17-14(19)8-11-4-3-5-12(16)7-11/h3-7,9H,8H2,1-2H3,(H,17,19). The van der Waals surface area contributed by atoms with Crippen molar-refractivity contribution in [3.63, 3.8) is 0 Å². The summed E-state index contributed by atoms with van der Waals surface area (Å²) in [5.74, 6) is -0.144. The number of pyridine rings is 1. The van der Waals surface area contributed by atoms with Crippen molar-refractivity contribution in [1.29, 1.82) is 0 Å². The predicted octanol–water partition coefficient (Wildman–Crippen LogP) is 2.53. The van der Waals surface area contributed by atoms with E-state index in [1.165, 1.54) is 10.6 Å². The lowest BCUT2D eigenvalue weighted by Crippen LogP contribution is -2.20. The number of nitrogens with one attached hydrogen (secondary N) is 1. The summed E-state index contributed by atoms with van der Waals surface area (Å²) >= 11 is 5.88. The number of amides is 1. The Balaban J connectivity index is 2.12. The Bertz CT molecular complexity index is 707. The molecule has 1 amide bonds. The molecule has 20 heavy (non-hydrogen) atoms. The zero-order valence-electron chi connectivity index (χ0n) is 11.3. The normalized spacial score (nSPS) is 10.3. The van der Waals surface area contributed by atoms with E-state index >= 15 is 0 Å². The molecule has 0 saturated heterocycles. The number of carbonyl (C=O) groups is 1. The number of nitrogens with zero attached hydrogens (tertiary/aromatic N) is 1. The maximum Gasteiger partial charge on any atom is 0.250 e. The molecule has 0 unspecified atom stereocenters. The molecule has 0 radical (unpaired) electrons. The maximum absolute atomic E-state index is 12.0. The summed E-state index contributed by atoms with van der Waals surface area (Å²) in [4.78, 5) is 23.4. The molecule has 0 aliphatic carbocycles. The first-order valence-electron chi connectivity index (χ1n) is 6.17. The van der Waals surface area contributed by atoms with Gasteiger partial charge in [-0.1, -0.05) is 23.7 Å². The molecule has 0 bridgehead atoms. The molecular formula is C15H15ClN2O2. The van der Waals surface area contributed by atoms with Crippen molar-refractivity contribution in [3.8, 4) is 0 Å². The topological polar surface area (TPSA) is 51.1 Å². The highest BCUT2D eigenvalue weighted by molar-refractivity contribution is 6.30. The van der Waals surface area contributed by atoms with Crippen molar-refractivity contribution < 1.29 is 4.79 Å². The van der Waals surface area contributed by atoms with Gasteiger partial charge in [-0.25, -0.2) is 0 Å². The van der Waals surface area contributed by atoms with E-state index in [2.05, 4.69) is 5.32 Å². The van der Waals surface area contributed by atoms with Crippen LogP contribution in [0.3, 0.4) is 0 Å². The van der Waals surface area contributed by atoms with Gasteiger partial charge in [0.1, 0.15) is 0 Å². The van der Waals surface area contributed by atoms with E-state index in [1.54, 1.807) is 32.3 Å². The average Bonchev–Trinajstić information content (AvgIpc) is 2.36. The van der Waals surface area contributed by atoms with Crippen LogP contribution in [0.15, 0.2) is 41.3 Å². The van der Waals surface area contributed by atoms with Crippen molar-refractivity contribution in [2.75, 3.05) is 5.32 Å². The van der Waals surface area contributed by atoms with Crippen molar-refractivity contribution in [2.24, 2.45) is 7.05 Å². The second kappa shape index (κ2) is 5.92. The van der Waals surface area contributed by atoms with Crippen molar-refractivity contribution in [3.05, 3.63) is 63.0 Å². The first-order chi connectivity index (χ1) is 9.45. The van der Waals surface area contributed by atoms with Crippen LogP contribution in [0.2, 0.25) is 5.02 Å². The Hall–Kier alpha value is -2.07. The van der Waals surface area contributed by atoms with Crippen molar-refractivity contribution in [1.82, 2.24) is 4.57 Å². The van der Waals surface area contributed by atoms with Gasteiger partial charge in [0.2, 0.25) is 5.91 Å². The van der Waals surface area contributed by atoms with Crippen molar-refractivity contribution in [2.45, 2.75) is 13.3 Å². The number of aromatic nitrogens is 1. The number of rotatable bonds is 3. The van der Waals surface area contributed by atoms with Gasteiger partial charge in [0.15, 0.2) is 0 Å². The van der Waals surface area contributed by atoms with E-state index in [9.17, 15) is 9.59 Å². The van der Waals surface area contributed by atoms with Crippen LogP contribution >= 0.6 is 11.6 Å². The summed E-state index contributed by atoms with van der Waals surface area (Å²) in [6.45, 7) is 1.79. The average molecular weight is 291 g/mol. The molecule has 1 N–H and O–H groups in total. The van der Waals surface area contributed by atoms with Gasteiger partial charge in [0, 0.05) is 24.3 Å². The van der Waals surface area contributed by atoms with E-state index in [1.807, 2.05) is 12.1 Å². The molecule has 1 heterocycles. The van der Waals surface area contributed by atoms with Crippen LogP contribution in [-0.4, -0.2) is 10.5 Å². The first-order valence-corrected chi connectivity index (χ1v) is 6.55. The van der Waals surface area contributed by atoms with Crippen LogP contribution in [0.5, 0.6) is 0 Å². The van der Waals surface area contributed by atoms with Crippen LogP contribution < -0.4 is 10.9 Å². The molecule has 2 aromatic rings. The number of carbonyl (C=O) groups excluding carboxylic acids is 1. The summed E-state index contributed by atoms with van der Waals surface area (Å²) in [7, 11) is 1.65. The molecule has 0 fully saturated rings. The molecule has 0 atom stereocenters. The van der Waals surface area contributed by atoms with Crippen molar-refractivity contribution >= 4 is 23.2 Å². The Morgan fingerprint density at radius 3 is 2.80 bits per heavy atom. The van der Waals surface area contributed by atoms with Gasteiger partial charge < -0.3 is 9.88 Å². The van der Waals surface area contributed by atoms with Gasteiger partial charge in [-0.2, -0.15) is 0 Å². The van der Waals surface area contributed by atoms with Gasteiger partial charge >= 0.3 is 0 Å². The zero-order chi connectivity index (χ0) is 14.7. The van der Waals surface area contributed by atoms with E-state index < -0.39 is 0 Å². The third-order valence-electron chi connectivity index (χ3n) is 2.96. The molecule has 0 aliphatic heterocycles. The van der Waals surface area contributed by atoms with Gasteiger partial charge in [-0.3, -0.25) is 9.59 Å². The summed E-state index contributed by atoms with van der Waals surface area (Å²) in [5, 5.41) is 3.41. The Labute approximate surface area is 122 Å². The third-order valence-corrected chi connectivity index (χ3v) is 3.20. The summed E-state index contributed by atoms with van der Waals surface area (Å²) in [6, 6.07) is 8.67. The molecule has 2 rings (SSSR count). The lowest BCUT2D eigenvalue weighted by atomic mass is 10.1. The molecule has 0 spiro atoms. The first kappa shape index (κ1) is 14.3. The zero-order valence-corrected chi connectivity index (χ0v) is 12.1. The van der Waals surface area contributed by atoms with Gasteiger partial charge in [0.05, 0.1) is 12.1 Å². The fourth-order valence-corrected chi connectivity index (χ4v) is 2.09. The molecule has 104 valence electrons. The highest BCUT2D eigenvalue weighted by Gasteiger charge is 2.07. The smallest absolute Gasteiger partial charge is 0.250 e. The number of anilines is 1. The van der Waals surface area contributed by atoms with Crippen LogP contribution in [0.25, 0.3) is 0 Å². The lowest BCUT2D eigenvalue weighted by Gasteiger charge is -2.10. The number of hydrogen-bond acceptors (Lipinski definition) is 2. The molecule has 0 saturated carbocycles. The number of hydrogen-bond donors (Lipinski definition) is 1. The largest absolute Gasteiger partial charge is 0.324 e. The van der Waals surface area contributed by atoms with E-state index in [4.69, 9.17) is 11.6 Å². The van der Waals surface area contributed by atoms with E-state index in [0.29, 0.717) is 10.7 Å². The fraction of sp³-hybridized carbons (Fsp3) is 0.200. The summed E-state index contributed by atoms with van der Waals surface area (Å²) in [5.41, 5.74) is 2.12. The highest BCUT2D eigenvalue weighted by atomic mass is 35.5.